The molecule has 3 aromatic rings. The summed E-state index contributed by atoms with van der Waals surface area (Å²) in [6.07, 6.45) is 0. The lowest BCUT2D eigenvalue weighted by Crippen LogP contribution is -2.52. The van der Waals surface area contributed by atoms with Crippen LogP contribution in [-0.2, 0) is 14.8 Å². The predicted octanol–water partition coefficient (Wildman–Crippen LogP) is 4.16. The zero-order valence-electron chi connectivity index (χ0n) is 19.9. The molecule has 4 rings (SSSR count). The third-order valence-corrected chi connectivity index (χ3v) is 8.05. The second-order valence-corrected chi connectivity index (χ2v) is 10.7. The van der Waals surface area contributed by atoms with Crippen molar-refractivity contribution in [3.63, 3.8) is 0 Å². The normalized spacial score (nSPS) is 14.2. The van der Waals surface area contributed by atoms with Gasteiger partial charge in [0.15, 0.2) is 0 Å². The maximum atomic E-state index is 13.7. The molecule has 0 spiro atoms. The van der Waals surface area contributed by atoms with E-state index in [2.05, 4.69) is 17.0 Å². The Labute approximate surface area is 202 Å². The highest BCUT2D eigenvalue weighted by Gasteiger charge is 2.31. The van der Waals surface area contributed by atoms with Crippen molar-refractivity contribution >= 4 is 27.3 Å². The number of rotatable bonds is 6. The summed E-state index contributed by atoms with van der Waals surface area (Å²) in [4.78, 5) is 17.5. The van der Waals surface area contributed by atoms with Crippen molar-refractivity contribution in [2.45, 2.75) is 25.7 Å². The lowest BCUT2D eigenvalue weighted by atomic mass is 10.1. The minimum absolute atomic E-state index is 0.181. The van der Waals surface area contributed by atoms with E-state index in [1.807, 2.05) is 57.2 Å². The summed E-state index contributed by atoms with van der Waals surface area (Å²) in [6.45, 7) is 8.01. The fourth-order valence-electron chi connectivity index (χ4n) is 4.20. The van der Waals surface area contributed by atoms with Gasteiger partial charge in [0.05, 0.1) is 10.6 Å². The standard InChI is InChI=1S/C27H31N3O3S/c1-21-10-13-25(14-11-21)34(32,33)30(26-19-22(2)9-12-23(26)3)20-27(31)29-17-15-28(16-18-29)24-7-5-4-6-8-24/h4-14,19H,15-18,20H2,1-3H3. The van der Waals surface area contributed by atoms with Gasteiger partial charge in [0.1, 0.15) is 6.54 Å². The van der Waals surface area contributed by atoms with Crippen molar-refractivity contribution < 1.29 is 13.2 Å². The molecule has 0 N–H and O–H groups in total. The van der Waals surface area contributed by atoms with E-state index in [1.165, 1.54) is 4.31 Å². The largest absolute Gasteiger partial charge is 0.368 e. The summed E-state index contributed by atoms with van der Waals surface area (Å²) < 4.78 is 28.7. The molecule has 1 amide bonds. The van der Waals surface area contributed by atoms with Gasteiger partial charge in [0, 0.05) is 31.9 Å². The molecule has 7 heteroatoms. The molecule has 0 aliphatic carbocycles. The number of piperazine rings is 1. The Bertz CT molecular complexity index is 1250. The summed E-state index contributed by atoms with van der Waals surface area (Å²) in [5.74, 6) is -0.190. The van der Waals surface area contributed by atoms with Crippen LogP contribution in [0.4, 0.5) is 11.4 Å². The summed E-state index contributed by atoms with van der Waals surface area (Å²) in [6, 6.07) is 22.6. The molecule has 1 aliphatic heterocycles. The quantitative estimate of drug-likeness (QED) is 0.535. The Balaban J connectivity index is 1.58. The molecule has 0 bridgehead atoms. The van der Waals surface area contributed by atoms with Gasteiger partial charge in [-0.2, -0.15) is 0 Å². The number of hydrogen-bond donors (Lipinski definition) is 0. The smallest absolute Gasteiger partial charge is 0.264 e. The van der Waals surface area contributed by atoms with Crippen LogP contribution in [0, 0.1) is 20.8 Å². The van der Waals surface area contributed by atoms with Crippen LogP contribution in [0.1, 0.15) is 16.7 Å². The van der Waals surface area contributed by atoms with Gasteiger partial charge in [0.25, 0.3) is 10.0 Å². The first-order valence-electron chi connectivity index (χ1n) is 11.5. The molecule has 0 atom stereocenters. The van der Waals surface area contributed by atoms with E-state index in [-0.39, 0.29) is 17.3 Å². The van der Waals surface area contributed by atoms with E-state index in [9.17, 15) is 13.2 Å². The molecule has 34 heavy (non-hydrogen) atoms. The maximum Gasteiger partial charge on any atom is 0.264 e. The molecule has 3 aromatic carbocycles. The highest BCUT2D eigenvalue weighted by molar-refractivity contribution is 7.92. The Morgan fingerprint density at radius 3 is 2.09 bits per heavy atom. The van der Waals surface area contributed by atoms with Crippen molar-refractivity contribution in [3.05, 3.63) is 89.5 Å². The van der Waals surface area contributed by atoms with E-state index in [4.69, 9.17) is 0 Å². The van der Waals surface area contributed by atoms with Crippen LogP contribution in [0.5, 0.6) is 0 Å². The number of sulfonamides is 1. The number of benzene rings is 3. The number of carbonyl (C=O) groups is 1. The monoisotopic (exact) mass is 477 g/mol. The molecule has 6 nitrogen and oxygen atoms in total. The Morgan fingerprint density at radius 2 is 1.44 bits per heavy atom. The van der Waals surface area contributed by atoms with Crippen LogP contribution in [0.15, 0.2) is 77.7 Å². The van der Waals surface area contributed by atoms with Gasteiger partial charge in [0.2, 0.25) is 5.91 Å². The molecule has 178 valence electrons. The molecule has 1 heterocycles. The molecule has 0 unspecified atom stereocenters. The van der Waals surface area contributed by atoms with Gasteiger partial charge in [-0.1, -0.05) is 48.0 Å². The van der Waals surface area contributed by atoms with E-state index >= 15 is 0 Å². The van der Waals surface area contributed by atoms with E-state index in [0.29, 0.717) is 31.9 Å². The van der Waals surface area contributed by atoms with Gasteiger partial charge in [-0.25, -0.2) is 8.42 Å². The lowest BCUT2D eigenvalue weighted by molar-refractivity contribution is -0.129. The Kier molecular flexibility index (Phi) is 6.93. The third-order valence-electron chi connectivity index (χ3n) is 6.27. The SMILES string of the molecule is Cc1ccc(S(=O)(=O)N(CC(=O)N2CCN(c3ccccc3)CC2)c2cc(C)ccc2C)cc1. The van der Waals surface area contributed by atoms with Crippen molar-refractivity contribution in [3.8, 4) is 0 Å². The summed E-state index contributed by atoms with van der Waals surface area (Å²) >= 11 is 0. The average molecular weight is 478 g/mol. The molecule has 0 saturated carbocycles. The first kappa shape index (κ1) is 23.8. The highest BCUT2D eigenvalue weighted by atomic mass is 32.2. The third kappa shape index (κ3) is 5.09. The van der Waals surface area contributed by atoms with Crippen LogP contribution < -0.4 is 9.21 Å². The van der Waals surface area contributed by atoms with Crippen molar-refractivity contribution in [2.75, 3.05) is 41.9 Å². The minimum atomic E-state index is -3.92. The van der Waals surface area contributed by atoms with Crippen molar-refractivity contribution in [1.82, 2.24) is 4.90 Å². The first-order chi connectivity index (χ1) is 16.3. The summed E-state index contributed by atoms with van der Waals surface area (Å²) in [5, 5.41) is 0. The summed E-state index contributed by atoms with van der Waals surface area (Å²) in [5.41, 5.74) is 4.40. The van der Waals surface area contributed by atoms with Crippen LogP contribution in [0.2, 0.25) is 0 Å². The fraction of sp³-hybridized carbons (Fsp3) is 0.296. The van der Waals surface area contributed by atoms with E-state index < -0.39 is 10.0 Å². The van der Waals surface area contributed by atoms with Gasteiger partial charge in [-0.3, -0.25) is 9.10 Å². The molecular weight excluding hydrogens is 446 g/mol. The van der Waals surface area contributed by atoms with Crippen LogP contribution >= 0.6 is 0 Å². The van der Waals surface area contributed by atoms with Crippen LogP contribution in [0.3, 0.4) is 0 Å². The van der Waals surface area contributed by atoms with Crippen molar-refractivity contribution in [1.29, 1.82) is 0 Å². The molecule has 1 saturated heterocycles. The maximum absolute atomic E-state index is 13.7. The molecule has 0 radical (unpaired) electrons. The number of para-hydroxylation sites is 1. The highest BCUT2D eigenvalue weighted by Crippen LogP contribution is 2.28. The second kappa shape index (κ2) is 9.89. The zero-order chi connectivity index (χ0) is 24.3. The van der Waals surface area contributed by atoms with E-state index in [1.54, 1.807) is 29.2 Å². The first-order valence-corrected chi connectivity index (χ1v) is 12.9. The number of hydrogen-bond acceptors (Lipinski definition) is 4. The number of carbonyl (C=O) groups excluding carboxylic acids is 1. The van der Waals surface area contributed by atoms with Crippen LogP contribution in [0.25, 0.3) is 0 Å². The number of amides is 1. The fourth-order valence-corrected chi connectivity index (χ4v) is 5.67. The van der Waals surface area contributed by atoms with Crippen LogP contribution in [-0.4, -0.2) is 51.9 Å². The summed E-state index contributed by atoms with van der Waals surface area (Å²) in [7, 11) is -3.92. The lowest BCUT2D eigenvalue weighted by Gasteiger charge is -2.37. The second-order valence-electron chi connectivity index (χ2n) is 8.82. The average Bonchev–Trinajstić information content (AvgIpc) is 2.85. The number of anilines is 2. The number of nitrogens with zero attached hydrogens (tertiary/aromatic N) is 3. The molecule has 0 aromatic heterocycles. The van der Waals surface area contributed by atoms with Gasteiger partial charge >= 0.3 is 0 Å². The van der Waals surface area contributed by atoms with Gasteiger partial charge < -0.3 is 9.80 Å². The molecule has 1 fully saturated rings. The number of aryl methyl sites for hydroxylation is 3. The minimum Gasteiger partial charge on any atom is -0.368 e. The van der Waals surface area contributed by atoms with Crippen molar-refractivity contribution in [2.24, 2.45) is 0 Å². The Hall–Kier alpha value is -3.32. The predicted molar refractivity (Wildman–Crippen MR) is 137 cm³/mol. The van der Waals surface area contributed by atoms with E-state index in [0.717, 1.165) is 22.4 Å². The zero-order valence-corrected chi connectivity index (χ0v) is 20.8. The molecular formula is C27H31N3O3S. The topological polar surface area (TPSA) is 60.9 Å². The van der Waals surface area contributed by atoms with Gasteiger partial charge in [-0.15, -0.1) is 0 Å². The van der Waals surface area contributed by atoms with Gasteiger partial charge in [-0.05, 0) is 62.2 Å². The molecule has 1 aliphatic rings. The Morgan fingerprint density at radius 1 is 0.824 bits per heavy atom.